The molecule has 2 N–H and O–H groups in total. The summed E-state index contributed by atoms with van der Waals surface area (Å²) < 4.78 is 3.08. The maximum atomic E-state index is 12.6. The van der Waals surface area contributed by atoms with E-state index < -0.39 is 5.69 Å². The van der Waals surface area contributed by atoms with Gasteiger partial charge in [0.1, 0.15) is 0 Å². The predicted molar refractivity (Wildman–Crippen MR) is 112 cm³/mol. The van der Waals surface area contributed by atoms with Gasteiger partial charge < -0.3 is 19.8 Å². The van der Waals surface area contributed by atoms with E-state index in [-0.39, 0.29) is 34.9 Å². The molecular weight excluding hydrogens is 386 g/mol. The molecule has 1 amide bonds. The number of aromatic nitrogens is 3. The summed E-state index contributed by atoms with van der Waals surface area (Å²) in [6.45, 7) is 5.98. The highest BCUT2D eigenvalue weighted by Crippen LogP contribution is 2.40. The minimum Gasteiger partial charge on any atom is -0.354 e. The molecule has 2 bridgehead atoms. The van der Waals surface area contributed by atoms with E-state index in [0.717, 1.165) is 25.2 Å². The first-order valence-electron chi connectivity index (χ1n) is 10.3. The Labute approximate surface area is 173 Å². The number of hydrogen-bond donors (Lipinski definition) is 2. The van der Waals surface area contributed by atoms with Gasteiger partial charge in [0.05, 0.1) is 6.04 Å². The van der Waals surface area contributed by atoms with Crippen LogP contribution >= 0.6 is 0 Å². The number of nitrogens with zero attached hydrogens (tertiary/aromatic N) is 3. The number of piperidine rings is 1. The van der Waals surface area contributed by atoms with E-state index in [0.29, 0.717) is 25.3 Å². The van der Waals surface area contributed by atoms with Crippen molar-refractivity contribution in [2.24, 2.45) is 5.92 Å². The van der Waals surface area contributed by atoms with Crippen LogP contribution in [-0.4, -0.2) is 51.1 Å². The zero-order chi connectivity index (χ0) is 21.4. The fourth-order valence-electron chi connectivity index (χ4n) is 4.92. The van der Waals surface area contributed by atoms with Gasteiger partial charge in [0.25, 0.3) is 11.1 Å². The molecular formula is C21H27N5O4. The lowest BCUT2D eigenvalue weighted by atomic mass is 9.78. The molecule has 3 atom stereocenters. The summed E-state index contributed by atoms with van der Waals surface area (Å²) in [6, 6.07) is 6.66. The van der Waals surface area contributed by atoms with E-state index in [9.17, 15) is 19.2 Å². The van der Waals surface area contributed by atoms with Crippen LogP contribution < -0.4 is 22.1 Å². The summed E-state index contributed by atoms with van der Waals surface area (Å²) in [7, 11) is 0. The number of nitrogens with one attached hydrogen (secondary N) is 2. The number of rotatable bonds is 5. The van der Waals surface area contributed by atoms with Crippen molar-refractivity contribution >= 4 is 5.91 Å². The number of carbonyl (C=O) groups excluding carboxylic acids is 1. The Hall–Kier alpha value is -2.94. The number of pyridine rings is 1. The Morgan fingerprint density at radius 3 is 2.70 bits per heavy atom. The molecule has 9 heteroatoms. The van der Waals surface area contributed by atoms with Crippen molar-refractivity contribution in [1.82, 2.24) is 24.3 Å². The third kappa shape index (κ3) is 3.89. The van der Waals surface area contributed by atoms with Gasteiger partial charge in [0, 0.05) is 69.1 Å². The number of aryl methyl sites for hydroxylation is 1. The van der Waals surface area contributed by atoms with Crippen molar-refractivity contribution in [2.45, 2.75) is 38.8 Å². The quantitative estimate of drug-likeness (QED) is 0.706. The van der Waals surface area contributed by atoms with E-state index in [1.807, 2.05) is 10.6 Å². The van der Waals surface area contributed by atoms with Gasteiger partial charge in [-0.15, -0.1) is 0 Å². The Balaban J connectivity index is 1.57. The number of amides is 1. The first-order valence-corrected chi connectivity index (χ1v) is 10.3. The second-order valence-corrected chi connectivity index (χ2v) is 8.36. The summed E-state index contributed by atoms with van der Waals surface area (Å²) in [4.78, 5) is 53.3. The van der Waals surface area contributed by atoms with Gasteiger partial charge >= 0.3 is 5.69 Å². The number of likely N-dealkylation sites (tertiary alicyclic amines) is 1. The zero-order valence-electron chi connectivity index (χ0n) is 17.3. The van der Waals surface area contributed by atoms with Crippen LogP contribution in [0.15, 0.2) is 38.6 Å². The number of fused-ring (bicyclic) bond motifs is 4. The van der Waals surface area contributed by atoms with Gasteiger partial charge in [-0.05, 0) is 25.3 Å². The lowest BCUT2D eigenvalue weighted by Gasteiger charge is -2.47. The van der Waals surface area contributed by atoms with E-state index in [4.69, 9.17) is 0 Å². The van der Waals surface area contributed by atoms with Crippen LogP contribution in [0.3, 0.4) is 0 Å². The van der Waals surface area contributed by atoms with Crippen LogP contribution in [0.1, 0.15) is 36.7 Å². The highest BCUT2D eigenvalue weighted by molar-refractivity contribution is 5.72. The van der Waals surface area contributed by atoms with Crippen molar-refractivity contribution in [2.75, 3.05) is 26.2 Å². The normalized spacial score (nSPS) is 23.1. The van der Waals surface area contributed by atoms with Crippen molar-refractivity contribution in [3.05, 3.63) is 66.8 Å². The van der Waals surface area contributed by atoms with Gasteiger partial charge in [-0.1, -0.05) is 6.07 Å². The molecule has 0 saturated carbocycles. The van der Waals surface area contributed by atoms with Crippen molar-refractivity contribution in [3.63, 3.8) is 0 Å². The molecule has 9 nitrogen and oxygen atoms in total. The SMILES string of the molecule is CC(=O)NC[C@H]1[C@H]2C[C@H](CN(CCn3c(=O)cc(C)[nH]c3=O)C2)c2cccc(=O)n21. The highest BCUT2D eigenvalue weighted by Gasteiger charge is 2.40. The smallest absolute Gasteiger partial charge is 0.328 e. The van der Waals surface area contributed by atoms with Crippen LogP contribution in [0.4, 0.5) is 0 Å². The van der Waals surface area contributed by atoms with E-state index >= 15 is 0 Å². The molecule has 1 saturated heterocycles. The lowest BCUT2D eigenvalue weighted by molar-refractivity contribution is -0.119. The third-order valence-electron chi connectivity index (χ3n) is 6.23. The topological polar surface area (TPSA) is 109 Å². The van der Waals surface area contributed by atoms with Crippen LogP contribution in [-0.2, 0) is 11.3 Å². The molecule has 2 aromatic rings. The van der Waals surface area contributed by atoms with E-state index in [1.165, 1.54) is 17.6 Å². The second-order valence-electron chi connectivity index (χ2n) is 8.36. The Bertz CT molecular complexity index is 1100. The van der Waals surface area contributed by atoms with Crippen LogP contribution in [0.2, 0.25) is 0 Å². The monoisotopic (exact) mass is 413 g/mol. The molecule has 2 aliphatic heterocycles. The van der Waals surface area contributed by atoms with Gasteiger partial charge in [-0.2, -0.15) is 0 Å². The summed E-state index contributed by atoms with van der Waals surface area (Å²) in [5, 5.41) is 2.87. The zero-order valence-corrected chi connectivity index (χ0v) is 17.3. The summed E-state index contributed by atoms with van der Waals surface area (Å²) >= 11 is 0. The minimum absolute atomic E-state index is 0.0382. The van der Waals surface area contributed by atoms with Gasteiger partial charge in [0.2, 0.25) is 5.91 Å². The number of carbonyl (C=O) groups is 1. The Morgan fingerprint density at radius 1 is 1.17 bits per heavy atom. The standard InChI is InChI=1S/C21H27N5O4/c1-13-8-20(29)25(21(30)23-13)7-6-24-11-15-9-16(12-24)18(10-22-14(2)27)26-17(15)4-3-5-19(26)28/h3-5,8,15-16,18H,6-7,9-12H2,1-2H3,(H,22,27)(H,23,30)/t15-,16+,18+/m1/s1. The third-order valence-corrected chi connectivity index (χ3v) is 6.23. The molecule has 30 heavy (non-hydrogen) atoms. The van der Waals surface area contributed by atoms with E-state index in [1.54, 1.807) is 19.1 Å². The highest BCUT2D eigenvalue weighted by atomic mass is 16.2. The summed E-state index contributed by atoms with van der Waals surface area (Å²) in [6.07, 6.45) is 0.954. The molecule has 4 rings (SSSR count). The summed E-state index contributed by atoms with van der Waals surface area (Å²) in [5.74, 6) is 0.295. The first-order chi connectivity index (χ1) is 14.3. The average Bonchev–Trinajstić information content (AvgIpc) is 2.67. The van der Waals surface area contributed by atoms with Crippen molar-refractivity contribution in [3.8, 4) is 0 Å². The molecule has 2 aromatic heterocycles. The fraction of sp³-hybridized carbons (Fsp3) is 0.524. The van der Waals surface area contributed by atoms with Gasteiger partial charge in [-0.3, -0.25) is 19.0 Å². The molecule has 0 spiro atoms. The van der Waals surface area contributed by atoms with Crippen LogP contribution in [0.25, 0.3) is 0 Å². The molecule has 0 radical (unpaired) electrons. The Morgan fingerprint density at radius 2 is 1.97 bits per heavy atom. The first kappa shape index (κ1) is 20.3. The fourth-order valence-corrected chi connectivity index (χ4v) is 4.92. The second kappa shape index (κ2) is 8.06. The minimum atomic E-state index is -0.391. The van der Waals surface area contributed by atoms with Gasteiger partial charge in [0.15, 0.2) is 0 Å². The van der Waals surface area contributed by atoms with E-state index in [2.05, 4.69) is 15.2 Å². The number of aromatic amines is 1. The molecule has 2 aliphatic rings. The van der Waals surface area contributed by atoms with Crippen molar-refractivity contribution in [1.29, 1.82) is 0 Å². The molecule has 160 valence electrons. The summed E-state index contributed by atoms with van der Waals surface area (Å²) in [5.41, 5.74) is 0.816. The van der Waals surface area contributed by atoms with Crippen LogP contribution in [0, 0.1) is 12.8 Å². The predicted octanol–water partition coefficient (Wildman–Crippen LogP) is -0.197. The number of H-pyrrole nitrogens is 1. The molecule has 0 unspecified atom stereocenters. The molecule has 4 heterocycles. The molecule has 0 aromatic carbocycles. The largest absolute Gasteiger partial charge is 0.354 e. The van der Waals surface area contributed by atoms with Gasteiger partial charge in [-0.25, -0.2) is 4.79 Å². The average molecular weight is 413 g/mol. The number of hydrogen-bond acceptors (Lipinski definition) is 5. The van der Waals surface area contributed by atoms with Crippen LogP contribution in [0.5, 0.6) is 0 Å². The maximum Gasteiger partial charge on any atom is 0.328 e. The Kier molecular flexibility index (Phi) is 5.46. The molecule has 1 fully saturated rings. The molecule has 0 aliphatic carbocycles. The lowest BCUT2D eigenvalue weighted by Crippen LogP contribution is -2.52. The maximum absolute atomic E-state index is 12.6. The van der Waals surface area contributed by atoms with Crippen molar-refractivity contribution < 1.29 is 4.79 Å².